The molecular formula is C14H19FO3. The largest absolute Gasteiger partial charge is 0.460 e. The number of aliphatic hydroxyl groups excluding tert-OH is 1. The number of esters is 1. The van der Waals surface area contributed by atoms with Crippen LogP contribution in [0.1, 0.15) is 38.7 Å². The standard InChI is InChI=1S/C14H19FO3/c1-14(2,3)18-13(17)8-11(9-16)10-4-6-12(15)7-5-10/h4-7,11,16H,8-9H2,1-3H3/t11-/m0/s1. The molecule has 4 heteroatoms. The molecule has 0 aliphatic heterocycles. The molecule has 1 aromatic rings. The van der Waals surface area contributed by atoms with Crippen molar-refractivity contribution >= 4 is 5.97 Å². The Kier molecular flexibility index (Phi) is 4.84. The van der Waals surface area contributed by atoms with Gasteiger partial charge in [-0.05, 0) is 38.5 Å². The second-order valence-corrected chi connectivity index (χ2v) is 5.22. The van der Waals surface area contributed by atoms with Gasteiger partial charge in [0.1, 0.15) is 11.4 Å². The molecular weight excluding hydrogens is 235 g/mol. The van der Waals surface area contributed by atoms with Crippen molar-refractivity contribution in [1.29, 1.82) is 0 Å². The first-order chi connectivity index (χ1) is 8.31. The summed E-state index contributed by atoms with van der Waals surface area (Å²) in [5, 5.41) is 9.29. The summed E-state index contributed by atoms with van der Waals surface area (Å²) < 4.78 is 18.0. The molecule has 0 heterocycles. The Bertz CT molecular complexity index is 392. The maximum absolute atomic E-state index is 12.8. The Hall–Kier alpha value is -1.42. The number of rotatable bonds is 4. The number of aliphatic hydroxyl groups is 1. The van der Waals surface area contributed by atoms with Crippen molar-refractivity contribution in [3.05, 3.63) is 35.6 Å². The van der Waals surface area contributed by atoms with Gasteiger partial charge in [-0.1, -0.05) is 12.1 Å². The molecule has 0 unspecified atom stereocenters. The molecule has 3 nitrogen and oxygen atoms in total. The topological polar surface area (TPSA) is 46.5 Å². The number of halogens is 1. The third kappa shape index (κ3) is 4.84. The molecule has 1 atom stereocenters. The van der Waals surface area contributed by atoms with Crippen molar-refractivity contribution in [2.75, 3.05) is 6.61 Å². The Labute approximate surface area is 107 Å². The van der Waals surface area contributed by atoms with Gasteiger partial charge < -0.3 is 9.84 Å². The minimum atomic E-state index is -0.542. The van der Waals surface area contributed by atoms with Crippen LogP contribution in [0, 0.1) is 5.82 Å². The minimum Gasteiger partial charge on any atom is -0.460 e. The lowest BCUT2D eigenvalue weighted by atomic mass is 9.96. The van der Waals surface area contributed by atoms with Gasteiger partial charge in [0.25, 0.3) is 0 Å². The van der Waals surface area contributed by atoms with Crippen LogP contribution in [0.25, 0.3) is 0 Å². The smallest absolute Gasteiger partial charge is 0.307 e. The number of hydrogen-bond acceptors (Lipinski definition) is 3. The molecule has 0 aromatic heterocycles. The fraction of sp³-hybridized carbons (Fsp3) is 0.500. The van der Waals surface area contributed by atoms with Crippen molar-refractivity contribution in [3.63, 3.8) is 0 Å². The van der Waals surface area contributed by atoms with Crippen molar-refractivity contribution in [3.8, 4) is 0 Å². The number of carbonyl (C=O) groups excluding carboxylic acids is 1. The number of hydrogen-bond donors (Lipinski definition) is 1. The van der Waals surface area contributed by atoms with Crippen LogP contribution in [-0.2, 0) is 9.53 Å². The minimum absolute atomic E-state index is 0.0827. The monoisotopic (exact) mass is 254 g/mol. The summed E-state index contributed by atoms with van der Waals surface area (Å²) in [6.45, 7) is 5.19. The average Bonchev–Trinajstić information content (AvgIpc) is 2.25. The van der Waals surface area contributed by atoms with E-state index in [2.05, 4.69) is 0 Å². The zero-order valence-electron chi connectivity index (χ0n) is 10.9. The molecule has 0 bridgehead atoms. The van der Waals surface area contributed by atoms with Gasteiger partial charge in [-0.25, -0.2) is 4.39 Å². The first-order valence-electron chi connectivity index (χ1n) is 5.90. The fourth-order valence-corrected chi connectivity index (χ4v) is 1.61. The SMILES string of the molecule is CC(C)(C)OC(=O)C[C@@H](CO)c1ccc(F)cc1. The van der Waals surface area contributed by atoms with Crippen LogP contribution in [0.15, 0.2) is 24.3 Å². The maximum atomic E-state index is 12.8. The summed E-state index contributed by atoms with van der Waals surface area (Å²) in [6, 6.07) is 5.77. The van der Waals surface area contributed by atoms with Crippen molar-refractivity contribution < 1.29 is 19.0 Å². The highest BCUT2D eigenvalue weighted by atomic mass is 19.1. The van der Waals surface area contributed by atoms with Crippen LogP contribution in [-0.4, -0.2) is 23.3 Å². The van der Waals surface area contributed by atoms with Crippen molar-refractivity contribution in [1.82, 2.24) is 0 Å². The van der Waals surface area contributed by atoms with Gasteiger partial charge in [-0.15, -0.1) is 0 Å². The van der Waals surface area contributed by atoms with E-state index in [9.17, 15) is 14.3 Å². The number of ether oxygens (including phenoxy) is 1. The average molecular weight is 254 g/mol. The lowest BCUT2D eigenvalue weighted by Crippen LogP contribution is -2.25. The number of carbonyl (C=O) groups is 1. The fourth-order valence-electron chi connectivity index (χ4n) is 1.61. The summed E-state index contributed by atoms with van der Waals surface area (Å²) in [5.41, 5.74) is 0.185. The molecule has 0 saturated carbocycles. The Balaban J connectivity index is 2.68. The van der Waals surface area contributed by atoms with Crippen molar-refractivity contribution in [2.45, 2.75) is 38.7 Å². The zero-order chi connectivity index (χ0) is 13.8. The first-order valence-corrected chi connectivity index (χ1v) is 5.90. The van der Waals surface area contributed by atoms with Crippen LogP contribution < -0.4 is 0 Å². The van der Waals surface area contributed by atoms with E-state index in [0.29, 0.717) is 0 Å². The van der Waals surface area contributed by atoms with Crippen LogP contribution in [0.3, 0.4) is 0 Å². The molecule has 100 valence electrons. The van der Waals surface area contributed by atoms with Crippen LogP contribution in [0.5, 0.6) is 0 Å². The molecule has 1 rings (SSSR count). The Morgan fingerprint density at radius 3 is 2.33 bits per heavy atom. The summed E-state index contributed by atoms with van der Waals surface area (Å²) in [4.78, 5) is 11.7. The lowest BCUT2D eigenvalue weighted by Gasteiger charge is -2.21. The van der Waals surface area contributed by atoms with Gasteiger partial charge in [0, 0.05) is 5.92 Å². The predicted molar refractivity (Wildman–Crippen MR) is 66.7 cm³/mol. The maximum Gasteiger partial charge on any atom is 0.307 e. The third-order valence-electron chi connectivity index (χ3n) is 2.39. The molecule has 18 heavy (non-hydrogen) atoms. The van der Waals surface area contributed by atoms with Gasteiger partial charge in [0.05, 0.1) is 13.0 Å². The quantitative estimate of drug-likeness (QED) is 0.840. The van der Waals surface area contributed by atoms with Crippen LogP contribution in [0.4, 0.5) is 4.39 Å². The lowest BCUT2D eigenvalue weighted by molar-refractivity contribution is -0.155. The molecule has 0 fully saturated rings. The number of benzene rings is 1. The summed E-state index contributed by atoms with van der Waals surface area (Å²) in [6.07, 6.45) is 0.0827. The Morgan fingerprint density at radius 1 is 1.33 bits per heavy atom. The van der Waals surface area contributed by atoms with E-state index in [4.69, 9.17) is 4.74 Å². The third-order valence-corrected chi connectivity index (χ3v) is 2.39. The molecule has 0 radical (unpaired) electrons. The highest BCUT2D eigenvalue weighted by Gasteiger charge is 2.21. The summed E-state index contributed by atoms with van der Waals surface area (Å²) in [5.74, 6) is -1.07. The van der Waals surface area contributed by atoms with Crippen molar-refractivity contribution in [2.24, 2.45) is 0 Å². The van der Waals surface area contributed by atoms with Crippen LogP contribution >= 0.6 is 0 Å². The van der Waals surface area contributed by atoms with E-state index in [1.54, 1.807) is 32.9 Å². The highest BCUT2D eigenvalue weighted by Crippen LogP contribution is 2.21. The molecule has 0 spiro atoms. The van der Waals surface area contributed by atoms with Gasteiger partial charge in [-0.2, -0.15) is 0 Å². The molecule has 0 amide bonds. The van der Waals surface area contributed by atoms with Crippen LogP contribution in [0.2, 0.25) is 0 Å². The normalized spacial score (nSPS) is 13.2. The van der Waals surface area contributed by atoms with E-state index >= 15 is 0 Å². The van der Waals surface area contributed by atoms with Gasteiger partial charge >= 0.3 is 5.97 Å². The predicted octanol–water partition coefficient (Wildman–Crippen LogP) is 2.63. The van der Waals surface area contributed by atoms with Gasteiger partial charge in [0.15, 0.2) is 0 Å². The summed E-state index contributed by atoms with van der Waals surface area (Å²) in [7, 11) is 0. The molecule has 1 aromatic carbocycles. The summed E-state index contributed by atoms with van der Waals surface area (Å²) >= 11 is 0. The molecule has 0 aliphatic carbocycles. The Morgan fingerprint density at radius 2 is 1.89 bits per heavy atom. The van der Waals surface area contributed by atoms with Gasteiger partial charge in [-0.3, -0.25) is 4.79 Å². The molecule has 0 saturated heterocycles. The van der Waals surface area contributed by atoms with E-state index in [-0.39, 0.29) is 30.7 Å². The molecule has 0 aliphatic rings. The van der Waals surface area contributed by atoms with E-state index in [1.807, 2.05) is 0 Å². The zero-order valence-corrected chi connectivity index (χ0v) is 10.9. The first kappa shape index (κ1) is 14.6. The second-order valence-electron chi connectivity index (χ2n) is 5.22. The second kappa shape index (κ2) is 5.96. The highest BCUT2D eigenvalue weighted by molar-refractivity contribution is 5.71. The van der Waals surface area contributed by atoms with E-state index < -0.39 is 5.60 Å². The van der Waals surface area contributed by atoms with E-state index in [1.165, 1.54) is 12.1 Å². The molecule has 1 N–H and O–H groups in total. The van der Waals surface area contributed by atoms with E-state index in [0.717, 1.165) is 5.56 Å². The van der Waals surface area contributed by atoms with Gasteiger partial charge in [0.2, 0.25) is 0 Å².